The number of nitrogens with zero attached hydrogens (tertiary/aromatic N) is 2. The number of nitrogens with one attached hydrogen (secondary N) is 1. The molecule has 23 heavy (non-hydrogen) atoms. The summed E-state index contributed by atoms with van der Waals surface area (Å²) >= 11 is 0. The molecule has 3 rings (SSSR count). The van der Waals surface area contributed by atoms with E-state index < -0.39 is 15.7 Å². The van der Waals surface area contributed by atoms with Crippen LogP contribution in [0.25, 0.3) is 6.08 Å². The number of amides is 1. The third kappa shape index (κ3) is 3.14. The van der Waals surface area contributed by atoms with Crippen LogP contribution in [0.15, 0.2) is 21.7 Å². The molecule has 1 N–H and O–H groups in total. The minimum Gasteiger partial charge on any atom is -0.310 e. The van der Waals surface area contributed by atoms with Crippen LogP contribution in [-0.2, 0) is 30.9 Å². The molecule has 1 aliphatic heterocycles. The Morgan fingerprint density at radius 1 is 1.35 bits per heavy atom. The normalized spacial score (nSPS) is 14.7. The molecule has 1 amide bonds. The van der Waals surface area contributed by atoms with E-state index in [9.17, 15) is 13.2 Å². The van der Waals surface area contributed by atoms with E-state index in [0.717, 1.165) is 0 Å². The average Bonchev–Trinajstić information content (AvgIpc) is 2.83. The summed E-state index contributed by atoms with van der Waals surface area (Å²) in [5.74, 6) is -0.364. The third-order valence-corrected chi connectivity index (χ3v) is 5.18. The molecule has 7 nitrogen and oxygen atoms in total. The van der Waals surface area contributed by atoms with Crippen molar-refractivity contribution < 1.29 is 38.9 Å². The van der Waals surface area contributed by atoms with Gasteiger partial charge in [0.1, 0.15) is 15.5 Å². The van der Waals surface area contributed by atoms with Gasteiger partial charge in [-0.3, -0.25) is 4.79 Å². The van der Waals surface area contributed by atoms with Crippen molar-refractivity contribution in [2.24, 2.45) is 0 Å². The van der Waals surface area contributed by atoms with Gasteiger partial charge in [0.15, 0.2) is 5.82 Å². The van der Waals surface area contributed by atoms with Crippen molar-refractivity contribution in [3.05, 3.63) is 40.6 Å². The summed E-state index contributed by atoms with van der Waals surface area (Å²) in [6.07, 6.45) is 3.26. The zero-order valence-electron chi connectivity index (χ0n) is 12.3. The monoisotopic (exact) mass is 502 g/mol. The van der Waals surface area contributed by atoms with Crippen LogP contribution in [0.5, 0.6) is 0 Å². The Morgan fingerprint density at radius 3 is 2.74 bits per heavy atom. The first-order chi connectivity index (χ1) is 10.4. The summed E-state index contributed by atoms with van der Waals surface area (Å²) < 4.78 is 28.9. The second kappa shape index (κ2) is 6.37. The van der Waals surface area contributed by atoms with E-state index in [-0.39, 0.29) is 43.1 Å². The van der Waals surface area contributed by atoms with E-state index in [4.69, 9.17) is 0 Å². The summed E-state index contributed by atoms with van der Waals surface area (Å²) in [6.45, 7) is 3.24. The molecule has 120 valence electrons. The van der Waals surface area contributed by atoms with Crippen molar-refractivity contribution in [2.75, 3.05) is 11.1 Å². The number of hydrogen-bond donors (Lipinski definition) is 1. The van der Waals surface area contributed by atoms with Crippen LogP contribution in [0.1, 0.15) is 27.2 Å². The van der Waals surface area contributed by atoms with Crippen molar-refractivity contribution in [3.8, 4) is 0 Å². The largest absolute Gasteiger partial charge is 0.310 e. The maximum atomic E-state index is 12.3. The second-order valence-corrected chi connectivity index (χ2v) is 6.88. The molecule has 0 aliphatic carbocycles. The van der Waals surface area contributed by atoms with Crippen LogP contribution < -0.4 is 5.32 Å². The third-order valence-electron chi connectivity index (χ3n) is 3.40. The average molecular weight is 502 g/mol. The molecule has 1 aliphatic rings. The van der Waals surface area contributed by atoms with Gasteiger partial charge < -0.3 is 5.32 Å². The first-order valence-electron chi connectivity index (χ1n) is 6.45. The zero-order valence-corrected chi connectivity index (χ0v) is 16.0. The number of aryl methyl sites for hydroxylation is 1. The Hall–Kier alpha value is -1.79. The summed E-state index contributed by atoms with van der Waals surface area (Å²) in [7, 11) is -3.44. The Labute approximate surface area is 147 Å². The van der Waals surface area contributed by atoms with Gasteiger partial charge in [0.2, 0.25) is 5.91 Å². The predicted molar refractivity (Wildman–Crippen MR) is 78.1 cm³/mol. The number of benzene rings is 1. The minimum atomic E-state index is -3.44. The molecule has 2 aromatic rings. The van der Waals surface area contributed by atoms with Crippen LogP contribution in [0.3, 0.4) is 0 Å². The van der Waals surface area contributed by atoms with Gasteiger partial charge in [-0.15, -0.1) is 35.4 Å². The molecule has 2 heterocycles. The van der Waals surface area contributed by atoms with Crippen molar-refractivity contribution in [2.45, 2.75) is 18.7 Å². The molecule has 0 unspecified atom stereocenters. The number of anilines is 1. The molecule has 9 heteroatoms. The van der Waals surface area contributed by atoms with E-state index in [1.165, 1.54) is 6.07 Å². The number of carbonyl (C=O) groups is 1. The van der Waals surface area contributed by atoms with Gasteiger partial charge >= 0.3 is 0 Å². The molecule has 0 radical (unpaired) electrons. The zero-order chi connectivity index (χ0) is 15.9. The molecule has 1 aromatic heterocycles. The van der Waals surface area contributed by atoms with E-state index in [1.807, 2.05) is 0 Å². The summed E-state index contributed by atoms with van der Waals surface area (Å²) in [5, 5.41) is 9.68. The van der Waals surface area contributed by atoms with Gasteiger partial charge in [0.25, 0.3) is 0 Å². The van der Waals surface area contributed by atoms with Gasteiger partial charge in [0.05, 0.1) is 5.75 Å². The molecule has 0 atom stereocenters. The fraction of sp³-hybridized carbons (Fsp3) is 0.214. The summed E-state index contributed by atoms with van der Waals surface area (Å²) in [5.41, 5.74) is 1.52. The van der Waals surface area contributed by atoms with Gasteiger partial charge in [-0.2, -0.15) is 0 Å². The smallest absolute Gasteiger partial charge is 0.215 e. The fourth-order valence-electron chi connectivity index (χ4n) is 2.30. The van der Waals surface area contributed by atoms with Crippen LogP contribution in [0.4, 0.5) is 5.82 Å². The Bertz CT molecular complexity index is 903. The maximum Gasteiger partial charge on any atom is 0.215 e. The first kappa shape index (κ1) is 17.6. The van der Waals surface area contributed by atoms with Gasteiger partial charge in [0, 0.05) is 21.1 Å². The molecular formula is C14H12N3O4SW-. The second-order valence-electron chi connectivity index (χ2n) is 4.91. The van der Waals surface area contributed by atoms with Crippen molar-refractivity contribution in [1.29, 1.82) is 0 Å². The number of fused-ring (bicyclic) bond motifs is 1. The topological polar surface area (TPSA) is 102 Å². The molecular weight excluding hydrogens is 490 g/mol. The molecule has 0 bridgehead atoms. The molecule has 1 aromatic carbocycles. The first-order valence-corrected chi connectivity index (χ1v) is 8.10. The van der Waals surface area contributed by atoms with Gasteiger partial charge in [-0.05, 0) is 22.5 Å². The number of rotatable bonds is 2. The summed E-state index contributed by atoms with van der Waals surface area (Å²) in [6, 6.07) is 4.31. The maximum absolute atomic E-state index is 12.3. The van der Waals surface area contributed by atoms with E-state index in [2.05, 4.69) is 26.3 Å². The van der Waals surface area contributed by atoms with Crippen molar-refractivity contribution >= 4 is 27.6 Å². The van der Waals surface area contributed by atoms with Crippen molar-refractivity contribution in [3.63, 3.8) is 0 Å². The molecule has 0 saturated heterocycles. The summed E-state index contributed by atoms with van der Waals surface area (Å²) in [4.78, 5) is 12.5. The number of carbonyl (C=O) groups excluding carboxylic acids is 1. The van der Waals surface area contributed by atoms with Crippen LogP contribution in [-0.4, -0.2) is 30.4 Å². The Kier molecular flexibility index (Phi) is 4.86. The van der Waals surface area contributed by atoms with Gasteiger partial charge in [-0.1, -0.05) is 12.1 Å². The fourth-order valence-corrected chi connectivity index (χ4v) is 3.86. The van der Waals surface area contributed by atoms with E-state index in [1.54, 1.807) is 26.0 Å². The number of aromatic nitrogens is 2. The Balaban J connectivity index is 0.00000192. The minimum absolute atomic E-state index is 0. The van der Waals surface area contributed by atoms with Gasteiger partial charge in [-0.25, -0.2) is 13.0 Å². The standard InChI is InChI=1S/C14H12N3O4S.W/c1-8-11(14(18)15-13-9(2)16-21-17-13)6-5-10-4-3-7-22(19,20)12(8)10;/h3-4,6H,7H2,1-2H3,(H,15,17,18);/q-1;. The number of sulfone groups is 1. The van der Waals surface area contributed by atoms with E-state index >= 15 is 0 Å². The van der Waals surface area contributed by atoms with Crippen LogP contribution in [0.2, 0.25) is 0 Å². The SMILES string of the molecule is Cc1nonc1NC(=O)c1c[c-]c2c(c1C)S(=O)(=O)CC=C2.[W]. The van der Waals surface area contributed by atoms with Crippen LogP contribution >= 0.6 is 0 Å². The molecule has 0 fully saturated rings. The van der Waals surface area contributed by atoms with Crippen molar-refractivity contribution in [1.82, 2.24) is 10.3 Å². The Morgan fingerprint density at radius 2 is 2.09 bits per heavy atom. The molecule has 0 saturated carbocycles. The molecule has 0 spiro atoms. The predicted octanol–water partition coefficient (Wildman–Crippen LogP) is 1.54. The van der Waals surface area contributed by atoms with E-state index in [0.29, 0.717) is 16.8 Å². The van der Waals surface area contributed by atoms with Crippen LogP contribution in [0, 0.1) is 19.9 Å². The quantitative estimate of drug-likeness (QED) is 0.626. The number of hydrogen-bond acceptors (Lipinski definition) is 6.